The van der Waals surface area contributed by atoms with Gasteiger partial charge in [0.25, 0.3) is 0 Å². The third kappa shape index (κ3) is 4.00. The van der Waals surface area contributed by atoms with Crippen LogP contribution in [0.2, 0.25) is 0 Å². The Morgan fingerprint density at radius 3 is 2.75 bits per heavy atom. The number of hydrogen-bond donors (Lipinski definition) is 3. The summed E-state index contributed by atoms with van der Waals surface area (Å²) in [6.07, 6.45) is 0.963. The Kier molecular flexibility index (Phi) is 4.95. The first-order valence-corrected chi connectivity index (χ1v) is 5.24. The van der Waals surface area contributed by atoms with E-state index in [0.29, 0.717) is 19.3 Å². The molecule has 0 radical (unpaired) electrons. The summed E-state index contributed by atoms with van der Waals surface area (Å²) in [7, 11) is 0. The van der Waals surface area contributed by atoms with E-state index in [0.717, 1.165) is 5.56 Å². The van der Waals surface area contributed by atoms with E-state index >= 15 is 0 Å². The Morgan fingerprint density at radius 1 is 1.38 bits per heavy atom. The molecule has 1 aromatic carbocycles. The molecule has 3 N–H and O–H groups in total. The summed E-state index contributed by atoms with van der Waals surface area (Å²) in [5.74, 6) is -0.966. The third-order valence-electron chi connectivity index (χ3n) is 2.34. The van der Waals surface area contributed by atoms with Gasteiger partial charge in [-0.2, -0.15) is 0 Å². The number of aliphatic hydroxyl groups is 2. The molecule has 0 heterocycles. The summed E-state index contributed by atoms with van der Waals surface area (Å²) in [5, 5.41) is 27.0. The molecule has 0 bridgehead atoms. The second kappa shape index (κ2) is 6.25. The van der Waals surface area contributed by atoms with Gasteiger partial charge in [0.2, 0.25) is 0 Å². The Hall–Kier alpha value is -1.39. The van der Waals surface area contributed by atoms with Crippen LogP contribution >= 0.6 is 0 Å². The average molecular weight is 224 g/mol. The minimum atomic E-state index is -0.966. The fraction of sp³-hybridized carbons (Fsp3) is 0.417. The zero-order chi connectivity index (χ0) is 12.0. The van der Waals surface area contributed by atoms with Crippen molar-refractivity contribution in [1.82, 2.24) is 0 Å². The van der Waals surface area contributed by atoms with Crippen LogP contribution in [0.15, 0.2) is 24.3 Å². The molecule has 0 saturated heterocycles. The molecule has 4 nitrogen and oxygen atoms in total. The first-order chi connectivity index (χ1) is 7.63. The number of benzene rings is 1. The molecule has 0 amide bonds. The first kappa shape index (κ1) is 12.7. The van der Waals surface area contributed by atoms with Crippen molar-refractivity contribution in [3.63, 3.8) is 0 Å². The molecule has 0 saturated carbocycles. The molecule has 16 heavy (non-hydrogen) atoms. The molecule has 0 fully saturated rings. The normalized spacial score (nSPS) is 12.4. The summed E-state index contributed by atoms with van der Waals surface area (Å²) >= 11 is 0. The molecule has 0 aliphatic carbocycles. The average Bonchev–Trinajstić information content (AvgIpc) is 2.26. The topological polar surface area (TPSA) is 77.8 Å². The van der Waals surface area contributed by atoms with E-state index < -0.39 is 12.1 Å². The second-order valence-electron chi connectivity index (χ2n) is 3.73. The summed E-state index contributed by atoms with van der Waals surface area (Å²) in [6.45, 7) is 0.0617. The van der Waals surface area contributed by atoms with E-state index in [-0.39, 0.29) is 12.2 Å². The first-order valence-electron chi connectivity index (χ1n) is 5.24. The van der Waals surface area contributed by atoms with Crippen LogP contribution in [0.3, 0.4) is 0 Å². The molecule has 1 aromatic rings. The molecule has 1 rings (SSSR count). The minimum absolute atomic E-state index is 0.0617. The van der Waals surface area contributed by atoms with Gasteiger partial charge in [0.05, 0.1) is 11.7 Å². The Labute approximate surface area is 94.2 Å². The predicted molar refractivity (Wildman–Crippen MR) is 59.4 cm³/mol. The number of hydrogen-bond acceptors (Lipinski definition) is 3. The molecule has 88 valence electrons. The molecule has 4 heteroatoms. The van der Waals surface area contributed by atoms with Crippen LogP contribution in [-0.2, 0) is 6.42 Å². The van der Waals surface area contributed by atoms with Gasteiger partial charge in [-0.25, -0.2) is 4.79 Å². The summed E-state index contributed by atoms with van der Waals surface area (Å²) in [4.78, 5) is 10.7. The lowest BCUT2D eigenvalue weighted by Crippen LogP contribution is -2.11. The van der Waals surface area contributed by atoms with Gasteiger partial charge in [0.15, 0.2) is 0 Å². The highest BCUT2D eigenvalue weighted by molar-refractivity contribution is 5.87. The molecule has 0 aromatic heterocycles. The fourth-order valence-corrected chi connectivity index (χ4v) is 1.53. The van der Waals surface area contributed by atoms with Gasteiger partial charge >= 0.3 is 5.97 Å². The van der Waals surface area contributed by atoms with Crippen LogP contribution in [0.5, 0.6) is 0 Å². The van der Waals surface area contributed by atoms with E-state index in [9.17, 15) is 9.90 Å². The highest BCUT2D eigenvalue weighted by atomic mass is 16.4. The van der Waals surface area contributed by atoms with Gasteiger partial charge in [-0.1, -0.05) is 12.1 Å². The van der Waals surface area contributed by atoms with E-state index in [2.05, 4.69) is 0 Å². The van der Waals surface area contributed by atoms with E-state index in [1.165, 1.54) is 6.07 Å². The van der Waals surface area contributed by atoms with Crippen molar-refractivity contribution < 1.29 is 20.1 Å². The lowest BCUT2D eigenvalue weighted by molar-refractivity contribution is 0.0696. The standard InChI is InChI=1S/C12H16O4/c13-6-2-5-11(14)8-9-3-1-4-10(7-9)12(15)16/h1,3-4,7,11,13-14H,2,5-6,8H2,(H,15,16). The maximum Gasteiger partial charge on any atom is 0.335 e. The molecule has 1 atom stereocenters. The summed E-state index contributed by atoms with van der Waals surface area (Å²) < 4.78 is 0. The van der Waals surface area contributed by atoms with Crippen molar-refractivity contribution in [3.05, 3.63) is 35.4 Å². The Morgan fingerprint density at radius 2 is 2.12 bits per heavy atom. The number of aliphatic hydroxyl groups excluding tert-OH is 2. The van der Waals surface area contributed by atoms with Crippen LogP contribution in [0.1, 0.15) is 28.8 Å². The molecule has 0 spiro atoms. The van der Waals surface area contributed by atoms with Crippen LogP contribution in [0.4, 0.5) is 0 Å². The lowest BCUT2D eigenvalue weighted by atomic mass is 10.0. The third-order valence-corrected chi connectivity index (χ3v) is 2.34. The molecular weight excluding hydrogens is 208 g/mol. The smallest absolute Gasteiger partial charge is 0.335 e. The lowest BCUT2D eigenvalue weighted by Gasteiger charge is -2.09. The van der Waals surface area contributed by atoms with Crippen LogP contribution in [-0.4, -0.2) is 34.0 Å². The summed E-state index contributed by atoms with van der Waals surface area (Å²) in [5.41, 5.74) is 1.03. The summed E-state index contributed by atoms with van der Waals surface area (Å²) in [6, 6.07) is 6.53. The zero-order valence-electron chi connectivity index (χ0n) is 8.97. The monoisotopic (exact) mass is 224 g/mol. The molecule has 0 aliphatic heterocycles. The van der Waals surface area contributed by atoms with Gasteiger partial charge in [-0.15, -0.1) is 0 Å². The van der Waals surface area contributed by atoms with Gasteiger partial charge in [-0.3, -0.25) is 0 Å². The Bertz CT molecular complexity index is 349. The molecular formula is C12H16O4. The van der Waals surface area contributed by atoms with Crippen molar-refractivity contribution in [3.8, 4) is 0 Å². The van der Waals surface area contributed by atoms with Crippen molar-refractivity contribution >= 4 is 5.97 Å². The number of rotatable bonds is 6. The quantitative estimate of drug-likeness (QED) is 0.675. The van der Waals surface area contributed by atoms with E-state index in [4.69, 9.17) is 10.2 Å². The molecule has 0 aliphatic rings. The molecule has 1 unspecified atom stereocenters. The second-order valence-corrected chi connectivity index (χ2v) is 3.73. The van der Waals surface area contributed by atoms with Gasteiger partial charge in [0, 0.05) is 6.61 Å². The largest absolute Gasteiger partial charge is 0.478 e. The van der Waals surface area contributed by atoms with Crippen LogP contribution in [0, 0.1) is 0 Å². The Balaban J connectivity index is 2.59. The zero-order valence-corrected chi connectivity index (χ0v) is 8.97. The van der Waals surface area contributed by atoms with Crippen molar-refractivity contribution in [2.75, 3.05) is 6.61 Å². The maximum atomic E-state index is 10.7. The van der Waals surface area contributed by atoms with Crippen molar-refractivity contribution in [1.29, 1.82) is 0 Å². The highest BCUT2D eigenvalue weighted by Gasteiger charge is 2.07. The number of carboxylic acid groups (broad SMARTS) is 1. The van der Waals surface area contributed by atoms with Gasteiger partial charge in [-0.05, 0) is 37.0 Å². The minimum Gasteiger partial charge on any atom is -0.478 e. The number of carboxylic acids is 1. The van der Waals surface area contributed by atoms with Crippen LogP contribution < -0.4 is 0 Å². The van der Waals surface area contributed by atoms with Crippen molar-refractivity contribution in [2.45, 2.75) is 25.4 Å². The van der Waals surface area contributed by atoms with Crippen molar-refractivity contribution in [2.24, 2.45) is 0 Å². The highest BCUT2D eigenvalue weighted by Crippen LogP contribution is 2.10. The fourth-order valence-electron chi connectivity index (χ4n) is 1.53. The van der Waals surface area contributed by atoms with Gasteiger partial charge < -0.3 is 15.3 Å². The van der Waals surface area contributed by atoms with E-state index in [1.807, 2.05) is 0 Å². The predicted octanol–water partition coefficient (Wildman–Crippen LogP) is 1.06. The number of aromatic carboxylic acids is 1. The maximum absolute atomic E-state index is 10.7. The van der Waals surface area contributed by atoms with Gasteiger partial charge in [0.1, 0.15) is 0 Å². The number of carbonyl (C=O) groups is 1. The van der Waals surface area contributed by atoms with E-state index in [1.54, 1.807) is 18.2 Å². The van der Waals surface area contributed by atoms with Crippen LogP contribution in [0.25, 0.3) is 0 Å². The SMILES string of the molecule is O=C(O)c1cccc(CC(O)CCCO)c1.